The molecule has 3 heterocycles. The van der Waals surface area contributed by atoms with Gasteiger partial charge in [0.05, 0.1) is 18.9 Å². The quantitative estimate of drug-likeness (QED) is 0.196. The van der Waals surface area contributed by atoms with E-state index < -0.39 is 50.3 Å². The van der Waals surface area contributed by atoms with E-state index in [4.69, 9.17) is 19.7 Å². The molecule has 2 aromatic rings. The van der Waals surface area contributed by atoms with Crippen molar-refractivity contribution in [3.63, 3.8) is 0 Å². The summed E-state index contributed by atoms with van der Waals surface area (Å²) in [7, 11) is -4.57. The number of anilines is 1. The number of hydrogen-bond donors (Lipinski definition) is 5. The number of nitrogens with zero attached hydrogens (tertiary/aromatic N) is 4. The minimum absolute atomic E-state index is 0.0716. The molecule has 1 aliphatic heterocycles. The number of rotatable bonds is 11. The standard InChI is InChI=1S/C21H31N6O8P/c1-4-13(5-2)8-33-20(30)12(3)26-36(31,32)34-9-15-17(28)18(29)21(10-22,35-15)16-7-6-14-19(23)24-11-25-27(14)16/h6-7,11-13,15,17-18,28-29H,4-5,8-9H2,1-3H3,(H2,23,24,25)(H2,26,31,32)/t12-,15+,17+,18+,21-/m0/s1. The van der Waals surface area contributed by atoms with Crippen LogP contribution in [0, 0.1) is 17.2 Å². The first-order chi connectivity index (χ1) is 17.0. The van der Waals surface area contributed by atoms with Gasteiger partial charge < -0.3 is 30.3 Å². The summed E-state index contributed by atoms with van der Waals surface area (Å²) in [6.45, 7) is 4.80. The van der Waals surface area contributed by atoms with Gasteiger partial charge in [0, 0.05) is 0 Å². The van der Waals surface area contributed by atoms with Crippen molar-refractivity contribution in [1.82, 2.24) is 19.7 Å². The van der Waals surface area contributed by atoms with Gasteiger partial charge in [-0.2, -0.15) is 10.4 Å². The maximum absolute atomic E-state index is 12.5. The number of carbonyl (C=O) groups excluding carboxylic acids is 1. The maximum Gasteiger partial charge on any atom is 0.403 e. The monoisotopic (exact) mass is 526 g/mol. The summed E-state index contributed by atoms with van der Waals surface area (Å²) < 4.78 is 29.7. The topological polar surface area (TPSA) is 215 Å². The Morgan fingerprint density at radius 2 is 2.11 bits per heavy atom. The van der Waals surface area contributed by atoms with Crippen molar-refractivity contribution < 1.29 is 38.5 Å². The summed E-state index contributed by atoms with van der Waals surface area (Å²) in [6.07, 6.45) is -1.98. The second kappa shape index (κ2) is 11.2. The van der Waals surface area contributed by atoms with Gasteiger partial charge >= 0.3 is 13.7 Å². The first-order valence-corrected chi connectivity index (χ1v) is 13.0. The second-order valence-corrected chi connectivity index (χ2v) is 10.1. The Kier molecular flexibility index (Phi) is 8.68. The van der Waals surface area contributed by atoms with Gasteiger partial charge in [-0.05, 0) is 25.0 Å². The number of aliphatic hydroxyl groups is 2. The van der Waals surface area contributed by atoms with E-state index in [0.29, 0.717) is 5.52 Å². The highest BCUT2D eigenvalue weighted by atomic mass is 31.2. The highest BCUT2D eigenvalue weighted by molar-refractivity contribution is 7.50. The number of esters is 1. The number of nitrogens with one attached hydrogen (secondary N) is 1. The van der Waals surface area contributed by atoms with E-state index in [1.807, 2.05) is 19.9 Å². The number of nitrogens with two attached hydrogens (primary N) is 1. The Hall–Kier alpha value is -2.63. The minimum Gasteiger partial charge on any atom is -0.464 e. The normalized spacial score (nSPS) is 26.6. The highest BCUT2D eigenvalue weighted by Crippen LogP contribution is 2.43. The fraction of sp³-hybridized carbons (Fsp3) is 0.619. The second-order valence-electron chi connectivity index (χ2n) is 8.58. The van der Waals surface area contributed by atoms with Crippen LogP contribution in [-0.4, -0.2) is 73.2 Å². The molecule has 3 rings (SSSR count). The molecule has 36 heavy (non-hydrogen) atoms. The van der Waals surface area contributed by atoms with Gasteiger partial charge in [-0.15, -0.1) is 0 Å². The Labute approximate surface area is 207 Å². The number of aromatic nitrogens is 3. The smallest absolute Gasteiger partial charge is 0.403 e. The lowest BCUT2D eigenvalue weighted by Gasteiger charge is -2.24. The Bertz CT molecular complexity index is 1170. The predicted octanol–water partition coefficient (Wildman–Crippen LogP) is 0.225. The number of aliphatic hydroxyl groups excluding tert-OH is 2. The molecule has 0 aromatic carbocycles. The first-order valence-electron chi connectivity index (χ1n) is 11.4. The number of ether oxygens (including phenoxy) is 2. The third kappa shape index (κ3) is 5.52. The van der Waals surface area contributed by atoms with Gasteiger partial charge in [0.1, 0.15) is 42.3 Å². The summed E-state index contributed by atoms with van der Waals surface area (Å²) in [5, 5.41) is 37.4. The van der Waals surface area contributed by atoms with Gasteiger partial charge in [0.2, 0.25) is 5.60 Å². The van der Waals surface area contributed by atoms with E-state index in [1.54, 1.807) is 0 Å². The highest BCUT2D eigenvalue weighted by Gasteiger charge is 2.58. The van der Waals surface area contributed by atoms with Crippen LogP contribution in [0.25, 0.3) is 5.52 Å². The van der Waals surface area contributed by atoms with E-state index in [2.05, 4.69) is 15.2 Å². The molecule has 15 heteroatoms. The number of hydrogen-bond acceptors (Lipinski definition) is 11. The van der Waals surface area contributed by atoms with Crippen LogP contribution >= 0.6 is 7.75 Å². The lowest BCUT2D eigenvalue weighted by Crippen LogP contribution is -2.41. The Morgan fingerprint density at radius 3 is 2.75 bits per heavy atom. The van der Waals surface area contributed by atoms with Gasteiger partial charge in [-0.1, -0.05) is 26.7 Å². The van der Waals surface area contributed by atoms with Crippen LogP contribution in [0.15, 0.2) is 18.5 Å². The molecule has 198 valence electrons. The molecule has 0 amide bonds. The summed E-state index contributed by atoms with van der Waals surface area (Å²) in [4.78, 5) is 26.2. The molecule has 14 nitrogen and oxygen atoms in total. The Morgan fingerprint density at radius 1 is 1.42 bits per heavy atom. The van der Waals surface area contributed by atoms with Crippen molar-refractivity contribution in [3.05, 3.63) is 24.2 Å². The average molecular weight is 526 g/mol. The first kappa shape index (κ1) is 27.9. The predicted molar refractivity (Wildman–Crippen MR) is 125 cm³/mol. The zero-order chi connectivity index (χ0) is 26.7. The van der Waals surface area contributed by atoms with E-state index >= 15 is 0 Å². The zero-order valence-corrected chi connectivity index (χ0v) is 21.0. The summed E-state index contributed by atoms with van der Waals surface area (Å²) in [5.74, 6) is -0.416. The molecule has 1 saturated heterocycles. The molecule has 1 unspecified atom stereocenters. The lowest BCUT2D eigenvalue weighted by molar-refractivity contribution is -0.146. The van der Waals surface area contributed by atoms with E-state index in [-0.39, 0.29) is 24.0 Å². The molecule has 2 aromatic heterocycles. The largest absolute Gasteiger partial charge is 0.464 e. The average Bonchev–Trinajstić information content (AvgIpc) is 3.39. The van der Waals surface area contributed by atoms with E-state index in [1.165, 1.54) is 23.6 Å². The number of fused-ring (bicyclic) bond motifs is 1. The van der Waals surface area contributed by atoms with Crippen molar-refractivity contribution in [2.24, 2.45) is 5.92 Å². The molecule has 0 aliphatic carbocycles. The van der Waals surface area contributed by atoms with Crippen LogP contribution in [0.2, 0.25) is 0 Å². The molecule has 0 spiro atoms. The molecular weight excluding hydrogens is 495 g/mol. The van der Waals surface area contributed by atoms with Gasteiger partial charge in [-0.3, -0.25) is 9.32 Å². The van der Waals surface area contributed by atoms with Crippen LogP contribution in [0.5, 0.6) is 0 Å². The fourth-order valence-corrected chi connectivity index (χ4v) is 4.93. The minimum atomic E-state index is -4.57. The van der Waals surface area contributed by atoms with Gasteiger partial charge in [0.15, 0.2) is 5.82 Å². The fourth-order valence-electron chi connectivity index (χ4n) is 3.91. The molecule has 6 atom stereocenters. The van der Waals surface area contributed by atoms with Crippen molar-refractivity contribution in [2.75, 3.05) is 18.9 Å². The summed E-state index contributed by atoms with van der Waals surface area (Å²) >= 11 is 0. The zero-order valence-electron chi connectivity index (χ0n) is 20.1. The number of carbonyl (C=O) groups is 1. The SMILES string of the molecule is CCC(CC)COC(=O)[C@H](C)NP(=O)(O)OC[C@H]1O[C@@](C#N)(c2ccc3c(N)ncnn23)[C@H](O)[C@@H]1O. The maximum atomic E-state index is 12.5. The van der Waals surface area contributed by atoms with Crippen LogP contribution in [0.3, 0.4) is 0 Å². The van der Waals surface area contributed by atoms with Crippen LogP contribution < -0.4 is 10.8 Å². The summed E-state index contributed by atoms with van der Waals surface area (Å²) in [6, 6.07) is 3.66. The van der Waals surface area contributed by atoms with Crippen molar-refractivity contribution >= 4 is 25.1 Å². The van der Waals surface area contributed by atoms with Gasteiger partial charge in [-0.25, -0.2) is 19.2 Å². The third-order valence-corrected chi connectivity index (χ3v) is 7.44. The molecule has 6 N–H and O–H groups in total. The van der Waals surface area contributed by atoms with Crippen molar-refractivity contribution in [1.29, 1.82) is 5.26 Å². The molecule has 1 aliphatic rings. The molecule has 1 fully saturated rings. The van der Waals surface area contributed by atoms with Crippen molar-refractivity contribution in [3.8, 4) is 6.07 Å². The van der Waals surface area contributed by atoms with Crippen molar-refractivity contribution in [2.45, 2.75) is 63.6 Å². The molecule has 0 saturated carbocycles. The van der Waals surface area contributed by atoms with Crippen LogP contribution in [0.1, 0.15) is 39.3 Å². The van der Waals surface area contributed by atoms with Crippen LogP contribution in [-0.2, 0) is 29.0 Å². The number of nitriles is 1. The molecule has 0 radical (unpaired) electrons. The summed E-state index contributed by atoms with van der Waals surface area (Å²) in [5.41, 5.74) is 4.16. The third-order valence-electron chi connectivity index (χ3n) is 6.23. The van der Waals surface area contributed by atoms with E-state index in [9.17, 15) is 29.7 Å². The van der Waals surface area contributed by atoms with Gasteiger partial charge in [0.25, 0.3) is 0 Å². The Balaban J connectivity index is 1.67. The van der Waals surface area contributed by atoms with Crippen LogP contribution in [0.4, 0.5) is 5.82 Å². The lowest BCUT2D eigenvalue weighted by atomic mass is 9.92. The molecular formula is C21H31N6O8P. The van der Waals surface area contributed by atoms with E-state index in [0.717, 1.165) is 19.2 Å². The number of nitrogen functional groups attached to an aromatic ring is 1. The molecule has 0 bridgehead atoms.